The van der Waals surface area contributed by atoms with Gasteiger partial charge in [-0.3, -0.25) is 0 Å². The van der Waals surface area contributed by atoms with E-state index in [2.05, 4.69) is 65.0 Å². The van der Waals surface area contributed by atoms with Crippen molar-refractivity contribution in [3.05, 3.63) is 116 Å². The van der Waals surface area contributed by atoms with Crippen molar-refractivity contribution in [2.24, 2.45) is 0 Å². The number of anilines is 2. The van der Waals surface area contributed by atoms with Gasteiger partial charge in [-0.1, -0.05) is 79.4 Å². The zero-order chi connectivity index (χ0) is 19.2. The van der Waals surface area contributed by atoms with Gasteiger partial charge in [0, 0.05) is 28.3 Å². The number of hydrogen-bond acceptors (Lipinski definition) is 1. The molecule has 5 rings (SSSR count). The molecule has 0 unspecified atom stereocenters. The van der Waals surface area contributed by atoms with Gasteiger partial charge >= 0.3 is 0 Å². The molecule has 1 heterocycles. The van der Waals surface area contributed by atoms with Crippen LogP contribution in [0.15, 0.2) is 116 Å². The van der Waals surface area contributed by atoms with E-state index in [1.807, 2.05) is 66.9 Å². The monoisotopic (exact) mass is 362 g/mol. The molecule has 2 heteroatoms. The summed E-state index contributed by atoms with van der Waals surface area (Å²) in [7, 11) is 0. The molecule has 0 aliphatic heterocycles. The van der Waals surface area contributed by atoms with Crippen molar-refractivity contribution in [3.8, 4) is 0 Å². The van der Waals surface area contributed by atoms with Gasteiger partial charge in [-0.05, 0) is 36.4 Å². The minimum atomic E-state index is 1.12. The molecule has 28 heavy (non-hydrogen) atoms. The van der Waals surface area contributed by atoms with Crippen LogP contribution in [0.25, 0.3) is 28.0 Å². The highest BCUT2D eigenvalue weighted by molar-refractivity contribution is 6.09. The van der Waals surface area contributed by atoms with E-state index in [0.29, 0.717) is 0 Å². The quantitative estimate of drug-likeness (QED) is 0.355. The molecule has 136 valence electrons. The Morgan fingerprint density at radius 3 is 1.36 bits per heavy atom. The smallest absolute Gasteiger partial charge is 0.0534 e. The van der Waals surface area contributed by atoms with Crippen LogP contribution in [0, 0.1) is 0 Å². The highest BCUT2D eigenvalue weighted by atomic mass is 14.9. The topological polar surface area (TPSA) is 17.0 Å². The number of aromatic nitrogens is 1. The van der Waals surface area contributed by atoms with Crippen LogP contribution >= 0.6 is 0 Å². The number of para-hydroxylation sites is 4. The Kier molecular flexibility index (Phi) is 5.21. The fourth-order valence-electron chi connectivity index (χ4n) is 3.36. The van der Waals surface area contributed by atoms with E-state index in [0.717, 1.165) is 11.4 Å². The molecule has 0 saturated heterocycles. The Balaban J connectivity index is 0.000000139. The molecule has 1 aromatic heterocycles. The number of nitrogens with one attached hydrogen (secondary N) is 1. The second-order valence-electron chi connectivity index (χ2n) is 6.44. The lowest BCUT2D eigenvalue weighted by Crippen LogP contribution is -1.87. The summed E-state index contributed by atoms with van der Waals surface area (Å²) in [5, 5.41) is 5.87. The van der Waals surface area contributed by atoms with Crippen molar-refractivity contribution in [2.75, 3.05) is 5.32 Å². The van der Waals surface area contributed by atoms with Gasteiger partial charge in [0.1, 0.15) is 0 Å². The van der Waals surface area contributed by atoms with Gasteiger partial charge < -0.3 is 9.88 Å². The Bertz CT molecular complexity index is 1100. The average Bonchev–Trinajstić information content (AvgIpc) is 3.09. The highest BCUT2D eigenvalue weighted by Gasteiger charge is 2.06. The molecule has 0 aliphatic carbocycles. The maximum Gasteiger partial charge on any atom is 0.0534 e. The maximum atomic E-state index is 3.87. The van der Waals surface area contributed by atoms with Crippen molar-refractivity contribution in [1.82, 2.24) is 4.57 Å². The molecule has 0 saturated carbocycles. The molecule has 1 N–H and O–H groups in total. The second-order valence-corrected chi connectivity index (χ2v) is 6.44. The minimum absolute atomic E-state index is 1.12. The molecule has 0 spiro atoms. The first kappa shape index (κ1) is 17.6. The van der Waals surface area contributed by atoms with Crippen LogP contribution in [0.2, 0.25) is 0 Å². The van der Waals surface area contributed by atoms with Gasteiger partial charge in [-0.2, -0.15) is 0 Å². The van der Waals surface area contributed by atoms with Crippen molar-refractivity contribution < 1.29 is 0 Å². The van der Waals surface area contributed by atoms with Gasteiger partial charge in [-0.25, -0.2) is 0 Å². The van der Waals surface area contributed by atoms with E-state index in [4.69, 9.17) is 0 Å². The third-order valence-electron chi connectivity index (χ3n) is 4.64. The summed E-state index contributed by atoms with van der Waals surface area (Å²) in [5.41, 5.74) is 4.67. The third kappa shape index (κ3) is 3.67. The van der Waals surface area contributed by atoms with Crippen LogP contribution in [-0.2, 0) is 0 Å². The van der Waals surface area contributed by atoms with E-state index in [9.17, 15) is 0 Å². The second kappa shape index (κ2) is 8.28. The zero-order valence-electron chi connectivity index (χ0n) is 15.6. The summed E-state index contributed by atoms with van der Waals surface area (Å²) in [6.45, 7) is 3.87. The van der Waals surface area contributed by atoms with Crippen LogP contribution in [0.1, 0.15) is 0 Å². The number of fused-ring (bicyclic) bond motifs is 3. The maximum absolute atomic E-state index is 3.87. The fourth-order valence-corrected chi connectivity index (χ4v) is 3.36. The summed E-state index contributed by atoms with van der Waals surface area (Å²) in [5.74, 6) is 0. The molecule has 0 amide bonds. The van der Waals surface area contributed by atoms with E-state index in [-0.39, 0.29) is 0 Å². The average molecular weight is 362 g/mol. The molecule has 4 aromatic carbocycles. The van der Waals surface area contributed by atoms with Crippen molar-refractivity contribution in [3.63, 3.8) is 0 Å². The molecule has 2 nitrogen and oxygen atoms in total. The largest absolute Gasteiger partial charge is 0.356 e. The molecule has 0 bridgehead atoms. The standard InChI is InChI=1S/C14H11N.C12H11N/c1-2-15-13-9-5-3-7-11(13)12-8-4-6-10-14(12)15;1-3-7-11(8-4-1)13-12-9-5-2-6-10-12/h2-10H,1H2;1-10,13H. The van der Waals surface area contributed by atoms with Crippen LogP contribution in [0.3, 0.4) is 0 Å². The molecular formula is C26H22N2. The minimum Gasteiger partial charge on any atom is -0.356 e. The highest BCUT2D eigenvalue weighted by Crippen LogP contribution is 2.28. The van der Waals surface area contributed by atoms with E-state index >= 15 is 0 Å². The van der Waals surface area contributed by atoms with E-state index < -0.39 is 0 Å². The van der Waals surface area contributed by atoms with Crippen LogP contribution in [-0.4, -0.2) is 4.57 Å². The number of nitrogens with zero attached hydrogens (tertiary/aromatic N) is 1. The first-order valence-corrected chi connectivity index (χ1v) is 9.34. The normalized spacial score (nSPS) is 10.3. The van der Waals surface area contributed by atoms with E-state index in [1.165, 1.54) is 21.8 Å². The first-order valence-electron chi connectivity index (χ1n) is 9.34. The zero-order valence-corrected chi connectivity index (χ0v) is 15.6. The Morgan fingerprint density at radius 1 is 0.536 bits per heavy atom. The first-order chi connectivity index (χ1) is 13.9. The predicted octanol–water partition coefficient (Wildman–Crippen LogP) is 7.33. The van der Waals surface area contributed by atoms with Crippen LogP contribution in [0.4, 0.5) is 11.4 Å². The molecule has 0 aliphatic rings. The summed E-state index contributed by atoms with van der Waals surface area (Å²) in [6, 6.07) is 37.1. The van der Waals surface area contributed by atoms with Crippen molar-refractivity contribution >= 4 is 39.4 Å². The number of benzene rings is 4. The Labute approximate surface area is 165 Å². The van der Waals surface area contributed by atoms with Crippen molar-refractivity contribution in [2.45, 2.75) is 0 Å². The van der Waals surface area contributed by atoms with Gasteiger partial charge in [0.2, 0.25) is 0 Å². The van der Waals surface area contributed by atoms with Crippen LogP contribution < -0.4 is 5.32 Å². The lowest BCUT2D eigenvalue weighted by atomic mass is 10.2. The Morgan fingerprint density at radius 2 is 0.929 bits per heavy atom. The predicted molar refractivity (Wildman–Crippen MR) is 122 cm³/mol. The number of hydrogen-bond donors (Lipinski definition) is 1. The summed E-state index contributed by atoms with van der Waals surface area (Å²) in [6.07, 6.45) is 1.87. The van der Waals surface area contributed by atoms with Gasteiger partial charge in [0.15, 0.2) is 0 Å². The van der Waals surface area contributed by atoms with Gasteiger partial charge in [0.05, 0.1) is 11.0 Å². The molecule has 5 aromatic rings. The van der Waals surface area contributed by atoms with Gasteiger partial charge in [-0.15, -0.1) is 0 Å². The SMILES string of the molecule is C=Cn1c2ccccc2c2ccccc21.c1ccc(Nc2ccccc2)cc1. The molecule has 0 radical (unpaired) electrons. The Hall–Kier alpha value is -3.78. The fraction of sp³-hybridized carbons (Fsp3) is 0. The van der Waals surface area contributed by atoms with E-state index in [1.54, 1.807) is 0 Å². The van der Waals surface area contributed by atoms with Gasteiger partial charge in [0.25, 0.3) is 0 Å². The molecule has 0 fully saturated rings. The number of rotatable bonds is 3. The molecular weight excluding hydrogens is 340 g/mol. The van der Waals surface area contributed by atoms with Crippen LogP contribution in [0.5, 0.6) is 0 Å². The summed E-state index contributed by atoms with van der Waals surface area (Å²) < 4.78 is 2.13. The summed E-state index contributed by atoms with van der Waals surface area (Å²) in [4.78, 5) is 0. The lowest BCUT2D eigenvalue weighted by Gasteiger charge is -2.04. The lowest BCUT2D eigenvalue weighted by molar-refractivity contribution is 1.30. The van der Waals surface area contributed by atoms with Crippen molar-refractivity contribution in [1.29, 1.82) is 0 Å². The molecule has 0 atom stereocenters. The summed E-state index contributed by atoms with van der Waals surface area (Å²) >= 11 is 0. The third-order valence-corrected chi connectivity index (χ3v) is 4.64.